The molecule has 0 bridgehead atoms. The van der Waals surface area contributed by atoms with Crippen LogP contribution in [0.1, 0.15) is 20.8 Å². The van der Waals surface area contributed by atoms with Crippen LogP contribution < -0.4 is 5.73 Å². The van der Waals surface area contributed by atoms with Gasteiger partial charge >= 0.3 is 7.60 Å². The Hall–Kier alpha value is 0.300. The molecule has 0 aliphatic heterocycles. The van der Waals surface area contributed by atoms with Crippen molar-refractivity contribution in [2.75, 3.05) is 19.8 Å². The molecule has 0 fully saturated rings. The molecule has 0 saturated carbocycles. The first-order valence-electron chi connectivity index (χ1n) is 4.82. The van der Waals surface area contributed by atoms with Crippen LogP contribution in [-0.4, -0.2) is 25.3 Å². The molecule has 0 aromatic carbocycles. The normalized spacial score (nSPS) is 16.3. The summed E-state index contributed by atoms with van der Waals surface area (Å²) in [4.78, 5) is 0. The van der Waals surface area contributed by atoms with Gasteiger partial charge in [0.1, 0.15) is 0 Å². The summed E-state index contributed by atoms with van der Waals surface area (Å²) in [6.07, 6.45) is 0. The van der Waals surface area contributed by atoms with Gasteiger partial charge in [0, 0.05) is 0 Å². The van der Waals surface area contributed by atoms with E-state index in [0.29, 0.717) is 0 Å². The zero-order chi connectivity index (χ0) is 11.9. The quantitative estimate of drug-likeness (QED) is 0.671. The van der Waals surface area contributed by atoms with Crippen LogP contribution in [-0.2, 0) is 22.7 Å². The van der Waals surface area contributed by atoms with E-state index in [-0.39, 0.29) is 19.8 Å². The molecule has 8 heteroatoms. The Kier molecular flexibility index (Phi) is 7.70. The first-order valence-corrected chi connectivity index (χ1v) is 7.83. The molecule has 0 aromatic heterocycles. The molecule has 0 aromatic rings. The van der Waals surface area contributed by atoms with Gasteiger partial charge in [-0.1, -0.05) is 0 Å². The van der Waals surface area contributed by atoms with Gasteiger partial charge in [-0.2, -0.15) is 0 Å². The second kappa shape index (κ2) is 7.55. The Balaban J connectivity index is 4.60. The molecule has 6 nitrogen and oxygen atoms in total. The molecule has 0 spiro atoms. The molecule has 15 heavy (non-hydrogen) atoms. The molecule has 0 heterocycles. The number of hydrogen-bond acceptors (Lipinski definition) is 6. The summed E-state index contributed by atoms with van der Waals surface area (Å²) in [6.45, 7) is 5.64. The van der Waals surface area contributed by atoms with E-state index in [1.807, 2.05) is 0 Å². The van der Waals surface area contributed by atoms with Crippen molar-refractivity contribution in [1.29, 1.82) is 0 Å². The Bertz CT molecular complexity index is 238. The lowest BCUT2D eigenvalue weighted by Crippen LogP contribution is -2.20. The summed E-state index contributed by atoms with van der Waals surface area (Å²) in [7, 11) is -6.11. The molecule has 0 aliphatic carbocycles. The SMILES string of the molecule is CCO[PH](=O)C(N)P(=O)(OCC)OCC. The highest BCUT2D eigenvalue weighted by molar-refractivity contribution is 7.67. The van der Waals surface area contributed by atoms with Crippen LogP contribution in [0.15, 0.2) is 0 Å². The average Bonchev–Trinajstić information content (AvgIpc) is 2.17. The summed E-state index contributed by atoms with van der Waals surface area (Å²) in [5.74, 6) is 0. The molecule has 2 atom stereocenters. The van der Waals surface area contributed by atoms with Crippen LogP contribution in [0.5, 0.6) is 0 Å². The first kappa shape index (κ1) is 15.3. The fraction of sp³-hybridized carbons (Fsp3) is 1.00. The van der Waals surface area contributed by atoms with E-state index >= 15 is 0 Å². The number of rotatable bonds is 8. The Morgan fingerprint density at radius 1 is 1.20 bits per heavy atom. The lowest BCUT2D eigenvalue weighted by atomic mass is 10.9. The lowest BCUT2D eigenvalue weighted by Gasteiger charge is -2.22. The maximum atomic E-state index is 12.0. The van der Waals surface area contributed by atoms with Crippen LogP contribution in [0.4, 0.5) is 0 Å². The van der Waals surface area contributed by atoms with Crippen LogP contribution in [0.2, 0.25) is 0 Å². The first-order chi connectivity index (χ1) is 7.01. The molecular weight excluding hydrogens is 240 g/mol. The molecule has 92 valence electrons. The lowest BCUT2D eigenvalue weighted by molar-refractivity contribution is 0.216. The summed E-state index contributed by atoms with van der Waals surface area (Å²) >= 11 is 0. The third kappa shape index (κ3) is 4.77. The van der Waals surface area contributed by atoms with Crippen molar-refractivity contribution in [3.05, 3.63) is 0 Å². The minimum absolute atomic E-state index is 0.187. The molecule has 2 N–H and O–H groups in total. The zero-order valence-corrected chi connectivity index (χ0v) is 11.2. The van der Waals surface area contributed by atoms with E-state index in [1.54, 1.807) is 20.8 Å². The van der Waals surface area contributed by atoms with Crippen LogP contribution in [0.3, 0.4) is 0 Å². The standard InChI is InChI=1S/C7H19NO5P2/c1-4-11-14(9)7(8)15(10,12-5-2)13-6-3/h7,14H,4-6,8H2,1-3H3. The highest BCUT2D eigenvalue weighted by Crippen LogP contribution is 2.58. The van der Waals surface area contributed by atoms with Crippen molar-refractivity contribution < 1.29 is 22.7 Å². The van der Waals surface area contributed by atoms with Gasteiger partial charge in [-0.15, -0.1) is 0 Å². The second-order valence-corrected chi connectivity index (χ2v) is 6.76. The van der Waals surface area contributed by atoms with Gasteiger partial charge in [0.15, 0.2) is 5.52 Å². The molecule has 0 amide bonds. The Morgan fingerprint density at radius 3 is 2.00 bits per heavy atom. The Morgan fingerprint density at radius 2 is 1.67 bits per heavy atom. The topological polar surface area (TPSA) is 87.9 Å². The molecule has 0 radical (unpaired) electrons. The van der Waals surface area contributed by atoms with Crippen LogP contribution in [0.25, 0.3) is 0 Å². The van der Waals surface area contributed by atoms with E-state index < -0.39 is 21.1 Å². The maximum absolute atomic E-state index is 12.0. The number of nitrogens with two attached hydrogens (primary N) is 1. The van der Waals surface area contributed by atoms with Crippen molar-refractivity contribution in [2.45, 2.75) is 26.3 Å². The Labute approximate surface area is 90.9 Å². The summed E-state index contributed by atoms with van der Waals surface area (Å²) in [5, 5.41) is 0. The molecule has 2 unspecified atom stereocenters. The van der Waals surface area contributed by atoms with Crippen molar-refractivity contribution >= 4 is 15.6 Å². The predicted molar refractivity (Wildman–Crippen MR) is 59.5 cm³/mol. The monoisotopic (exact) mass is 259 g/mol. The van der Waals surface area contributed by atoms with Gasteiger partial charge in [0.2, 0.25) is 8.03 Å². The van der Waals surface area contributed by atoms with Gasteiger partial charge < -0.3 is 19.3 Å². The summed E-state index contributed by atoms with van der Waals surface area (Å²) < 4.78 is 38.2. The fourth-order valence-corrected chi connectivity index (χ4v) is 4.19. The minimum Gasteiger partial charge on any atom is -0.329 e. The highest BCUT2D eigenvalue weighted by atomic mass is 31.2. The van der Waals surface area contributed by atoms with Crippen LogP contribution >= 0.6 is 15.6 Å². The van der Waals surface area contributed by atoms with Gasteiger partial charge in [0.05, 0.1) is 19.8 Å². The van der Waals surface area contributed by atoms with Crippen molar-refractivity contribution in [3.8, 4) is 0 Å². The molecule has 0 rings (SSSR count). The van der Waals surface area contributed by atoms with Gasteiger partial charge in [-0.05, 0) is 20.8 Å². The van der Waals surface area contributed by atoms with Crippen molar-refractivity contribution in [2.24, 2.45) is 5.73 Å². The molecular formula is C7H19NO5P2. The van der Waals surface area contributed by atoms with Crippen molar-refractivity contribution in [1.82, 2.24) is 0 Å². The predicted octanol–water partition coefficient (Wildman–Crippen LogP) is 2.01. The van der Waals surface area contributed by atoms with Crippen molar-refractivity contribution in [3.63, 3.8) is 0 Å². The third-order valence-corrected chi connectivity index (χ3v) is 6.04. The van der Waals surface area contributed by atoms with E-state index in [4.69, 9.17) is 19.3 Å². The smallest absolute Gasteiger partial charge is 0.329 e. The van der Waals surface area contributed by atoms with Gasteiger partial charge in [-0.3, -0.25) is 9.13 Å². The maximum Gasteiger partial charge on any atom is 0.356 e. The minimum atomic E-state index is -3.51. The fourth-order valence-electron chi connectivity index (χ4n) is 0.914. The van der Waals surface area contributed by atoms with E-state index in [0.717, 1.165) is 0 Å². The second-order valence-electron chi connectivity index (χ2n) is 2.57. The van der Waals surface area contributed by atoms with Crippen LogP contribution in [0, 0.1) is 0 Å². The van der Waals surface area contributed by atoms with E-state index in [9.17, 15) is 9.13 Å². The summed E-state index contributed by atoms with van der Waals surface area (Å²) in [5.41, 5.74) is 4.36. The van der Waals surface area contributed by atoms with E-state index in [2.05, 4.69) is 0 Å². The molecule has 0 saturated heterocycles. The van der Waals surface area contributed by atoms with Gasteiger partial charge in [0.25, 0.3) is 0 Å². The zero-order valence-electron chi connectivity index (χ0n) is 9.26. The largest absolute Gasteiger partial charge is 0.356 e. The third-order valence-electron chi connectivity index (χ3n) is 1.49. The number of hydrogen-bond donors (Lipinski definition) is 1. The van der Waals surface area contributed by atoms with E-state index in [1.165, 1.54) is 0 Å². The molecule has 0 aliphatic rings. The highest BCUT2D eigenvalue weighted by Gasteiger charge is 2.37. The summed E-state index contributed by atoms with van der Waals surface area (Å²) in [6, 6.07) is 0. The van der Waals surface area contributed by atoms with Gasteiger partial charge in [-0.25, -0.2) is 0 Å². The average molecular weight is 259 g/mol.